The van der Waals surface area contributed by atoms with E-state index in [2.05, 4.69) is 39.0 Å². The second-order valence-corrected chi connectivity index (χ2v) is 8.20. The van der Waals surface area contributed by atoms with Crippen molar-refractivity contribution in [1.29, 1.82) is 0 Å². The first kappa shape index (κ1) is 17.5. The molecule has 1 saturated heterocycles. The second-order valence-electron chi connectivity index (χ2n) is 8.20. The molecule has 1 aliphatic heterocycles. The van der Waals surface area contributed by atoms with E-state index in [0.717, 1.165) is 41.9 Å². The van der Waals surface area contributed by atoms with E-state index in [1.54, 1.807) is 12.4 Å². The van der Waals surface area contributed by atoms with Crippen LogP contribution in [0.1, 0.15) is 30.6 Å². The third kappa shape index (κ3) is 3.16. The zero-order chi connectivity index (χ0) is 20.0. The van der Waals surface area contributed by atoms with Crippen LogP contribution in [-0.2, 0) is 0 Å². The number of pyridine rings is 2. The van der Waals surface area contributed by atoms with Gasteiger partial charge in [0.15, 0.2) is 5.82 Å². The Hall–Kier alpha value is -3.55. The molecule has 0 bridgehead atoms. The zero-order valence-corrected chi connectivity index (χ0v) is 16.3. The number of aromatic amines is 1. The van der Waals surface area contributed by atoms with Crippen molar-refractivity contribution >= 4 is 16.9 Å². The van der Waals surface area contributed by atoms with E-state index in [1.165, 1.54) is 6.33 Å². The molecule has 8 nitrogen and oxygen atoms in total. The molecule has 5 rings (SSSR count). The van der Waals surface area contributed by atoms with E-state index in [1.807, 2.05) is 39.9 Å². The number of rotatable bonds is 3. The Bertz CT molecular complexity index is 1180. The lowest BCUT2D eigenvalue weighted by Gasteiger charge is -2.19. The van der Waals surface area contributed by atoms with Gasteiger partial charge in [-0.25, -0.2) is 9.97 Å². The molecule has 0 spiro atoms. The van der Waals surface area contributed by atoms with Gasteiger partial charge < -0.3 is 4.90 Å². The molecule has 8 heteroatoms. The Kier molecular flexibility index (Phi) is 3.94. The van der Waals surface area contributed by atoms with Crippen molar-refractivity contribution in [3.63, 3.8) is 0 Å². The molecule has 1 fully saturated rings. The molecule has 0 aliphatic carbocycles. The van der Waals surface area contributed by atoms with Gasteiger partial charge in [0.2, 0.25) is 0 Å². The van der Waals surface area contributed by atoms with Gasteiger partial charge in [0.05, 0.1) is 17.4 Å². The third-order valence-corrected chi connectivity index (χ3v) is 5.42. The van der Waals surface area contributed by atoms with E-state index < -0.39 is 0 Å². The first-order valence-corrected chi connectivity index (χ1v) is 9.59. The van der Waals surface area contributed by atoms with Crippen molar-refractivity contribution in [2.45, 2.75) is 20.3 Å². The summed E-state index contributed by atoms with van der Waals surface area (Å²) in [6, 6.07) is 7.73. The number of fused-ring (bicyclic) bond motifs is 1. The zero-order valence-electron chi connectivity index (χ0n) is 16.3. The molecule has 0 saturated carbocycles. The van der Waals surface area contributed by atoms with E-state index in [4.69, 9.17) is 0 Å². The van der Waals surface area contributed by atoms with Crippen LogP contribution in [0.2, 0.25) is 0 Å². The molecule has 0 atom stereocenters. The highest BCUT2D eigenvalue weighted by molar-refractivity contribution is 5.97. The van der Waals surface area contributed by atoms with Crippen LogP contribution >= 0.6 is 0 Å². The van der Waals surface area contributed by atoms with E-state index in [0.29, 0.717) is 11.4 Å². The summed E-state index contributed by atoms with van der Waals surface area (Å²) in [6.07, 6.45) is 7.86. The lowest BCUT2D eigenvalue weighted by Crippen LogP contribution is -2.30. The molecule has 1 N–H and O–H groups in total. The van der Waals surface area contributed by atoms with Crippen molar-refractivity contribution in [2.24, 2.45) is 5.41 Å². The Morgan fingerprint density at radius 2 is 2.03 bits per heavy atom. The van der Waals surface area contributed by atoms with Crippen LogP contribution in [0.4, 0.5) is 0 Å². The highest BCUT2D eigenvalue weighted by Gasteiger charge is 2.32. The minimum atomic E-state index is 0.0517. The molecular weight excluding hydrogens is 366 g/mol. The van der Waals surface area contributed by atoms with Crippen LogP contribution < -0.4 is 0 Å². The molecule has 0 radical (unpaired) electrons. The van der Waals surface area contributed by atoms with Crippen molar-refractivity contribution in [3.8, 4) is 17.2 Å². The van der Waals surface area contributed by atoms with Gasteiger partial charge in [-0.2, -0.15) is 5.10 Å². The number of H-pyrrole nitrogens is 1. The fraction of sp³-hybridized carbons (Fsp3) is 0.286. The number of amides is 1. The van der Waals surface area contributed by atoms with Crippen molar-refractivity contribution < 1.29 is 4.79 Å². The highest BCUT2D eigenvalue weighted by atomic mass is 16.2. The van der Waals surface area contributed by atoms with E-state index in [9.17, 15) is 4.79 Å². The largest absolute Gasteiger partial charge is 0.338 e. The number of carbonyl (C=O) groups is 1. The van der Waals surface area contributed by atoms with E-state index >= 15 is 0 Å². The molecule has 146 valence electrons. The lowest BCUT2D eigenvalue weighted by molar-refractivity contribution is 0.0778. The van der Waals surface area contributed by atoms with Gasteiger partial charge in [0.25, 0.3) is 5.91 Å². The molecule has 0 unspecified atom stereocenters. The molecule has 4 aromatic heterocycles. The van der Waals surface area contributed by atoms with Gasteiger partial charge in [-0.1, -0.05) is 13.8 Å². The van der Waals surface area contributed by atoms with Crippen LogP contribution in [0, 0.1) is 5.41 Å². The van der Waals surface area contributed by atoms with Crippen LogP contribution in [0.15, 0.2) is 49.2 Å². The number of nitrogens with one attached hydrogen (secondary N) is 1. The summed E-state index contributed by atoms with van der Waals surface area (Å²) in [4.78, 5) is 27.9. The van der Waals surface area contributed by atoms with Crippen LogP contribution in [0.25, 0.3) is 28.2 Å². The number of likely N-dealkylation sites (tertiary alicyclic amines) is 1. The van der Waals surface area contributed by atoms with Gasteiger partial charge in [0, 0.05) is 30.9 Å². The topological polar surface area (TPSA) is 92.6 Å². The van der Waals surface area contributed by atoms with Gasteiger partial charge in [-0.15, -0.1) is 0 Å². The number of nitrogens with zero attached hydrogens (tertiary/aromatic N) is 6. The minimum absolute atomic E-state index is 0.0517. The second kappa shape index (κ2) is 6.51. The average molecular weight is 387 g/mol. The first-order chi connectivity index (χ1) is 14.0. The SMILES string of the molecule is CC1(C)CCN(C(=O)c2cnc3c(ccn3-c3ccc(-c4ncn[nH]4)nc3)c2)C1. The molecule has 5 heterocycles. The van der Waals surface area contributed by atoms with Gasteiger partial charge in [-0.3, -0.25) is 19.4 Å². The number of hydrogen-bond donors (Lipinski definition) is 1. The summed E-state index contributed by atoms with van der Waals surface area (Å²) >= 11 is 0. The molecule has 0 aromatic carbocycles. The molecule has 1 aliphatic rings. The fourth-order valence-corrected chi connectivity index (χ4v) is 3.82. The van der Waals surface area contributed by atoms with Crippen molar-refractivity contribution in [1.82, 2.24) is 34.6 Å². The highest BCUT2D eigenvalue weighted by Crippen LogP contribution is 2.30. The Balaban J connectivity index is 1.43. The summed E-state index contributed by atoms with van der Waals surface area (Å²) < 4.78 is 1.96. The van der Waals surface area contributed by atoms with Crippen molar-refractivity contribution in [2.75, 3.05) is 13.1 Å². The maximum Gasteiger partial charge on any atom is 0.255 e. The third-order valence-electron chi connectivity index (χ3n) is 5.42. The first-order valence-electron chi connectivity index (χ1n) is 9.59. The van der Waals surface area contributed by atoms with E-state index in [-0.39, 0.29) is 11.3 Å². The quantitative estimate of drug-likeness (QED) is 0.583. The fourth-order valence-electron chi connectivity index (χ4n) is 3.82. The molecule has 1 amide bonds. The summed E-state index contributed by atoms with van der Waals surface area (Å²) in [5, 5.41) is 7.58. The summed E-state index contributed by atoms with van der Waals surface area (Å²) in [5.41, 5.74) is 3.21. The Morgan fingerprint density at radius 1 is 1.14 bits per heavy atom. The lowest BCUT2D eigenvalue weighted by atomic mass is 9.93. The summed E-state index contributed by atoms with van der Waals surface area (Å²) in [7, 11) is 0. The van der Waals surface area contributed by atoms with Crippen LogP contribution in [0.3, 0.4) is 0 Å². The summed E-state index contributed by atoms with van der Waals surface area (Å²) in [6.45, 7) is 5.98. The number of hydrogen-bond acceptors (Lipinski definition) is 5. The minimum Gasteiger partial charge on any atom is -0.338 e. The van der Waals surface area contributed by atoms with Crippen molar-refractivity contribution in [3.05, 3.63) is 54.7 Å². The molecule has 29 heavy (non-hydrogen) atoms. The average Bonchev–Trinajstić information content (AvgIpc) is 3.46. The molecule has 4 aromatic rings. The van der Waals surface area contributed by atoms with Crippen LogP contribution in [0.5, 0.6) is 0 Å². The predicted molar refractivity (Wildman–Crippen MR) is 109 cm³/mol. The maximum atomic E-state index is 12.9. The summed E-state index contributed by atoms with van der Waals surface area (Å²) in [5.74, 6) is 0.677. The normalized spacial score (nSPS) is 15.9. The van der Waals surface area contributed by atoms with Gasteiger partial charge in [0.1, 0.15) is 17.7 Å². The number of carbonyl (C=O) groups excluding carboxylic acids is 1. The predicted octanol–water partition coefficient (Wildman–Crippen LogP) is 3.08. The maximum absolute atomic E-state index is 12.9. The Labute approximate surface area is 167 Å². The monoisotopic (exact) mass is 387 g/mol. The standard InChI is InChI=1S/C21H21N7O/c1-21(2)6-8-27(12-21)20(29)15-9-14-5-7-28(19(14)23-10-15)16-3-4-17(22-11-16)18-24-13-25-26-18/h3-5,7,9-11,13H,6,8,12H2,1-2H3,(H,24,25,26). The smallest absolute Gasteiger partial charge is 0.255 e. The Morgan fingerprint density at radius 3 is 2.72 bits per heavy atom. The number of aromatic nitrogens is 6. The van der Waals surface area contributed by atoms with Crippen LogP contribution in [-0.4, -0.2) is 53.6 Å². The van der Waals surface area contributed by atoms with Gasteiger partial charge in [-0.05, 0) is 36.1 Å². The van der Waals surface area contributed by atoms with Gasteiger partial charge >= 0.3 is 0 Å². The molecular formula is C21H21N7O.